The average molecular weight is 346 g/mol. The first-order chi connectivity index (χ1) is 12.6. The van der Waals surface area contributed by atoms with Crippen LogP contribution in [-0.2, 0) is 0 Å². The molecule has 1 unspecified atom stereocenters. The maximum absolute atomic E-state index is 13.0. The van der Waals surface area contributed by atoms with Gasteiger partial charge in [0.05, 0.1) is 11.1 Å². The zero-order valence-corrected chi connectivity index (χ0v) is 14.1. The Bertz CT molecular complexity index is 994. The largest absolute Gasteiger partial charge is 0.478 e. The van der Waals surface area contributed by atoms with Crippen LogP contribution in [0.15, 0.2) is 60.8 Å². The van der Waals surface area contributed by atoms with Gasteiger partial charge in [0.25, 0.3) is 5.91 Å². The van der Waals surface area contributed by atoms with E-state index in [-0.39, 0.29) is 11.8 Å². The molecule has 1 aliphatic rings. The summed E-state index contributed by atoms with van der Waals surface area (Å²) in [6.45, 7) is 1.15. The van der Waals surface area contributed by atoms with E-state index >= 15 is 0 Å². The molecule has 0 aliphatic carbocycles. The van der Waals surface area contributed by atoms with Crippen LogP contribution in [-0.4, -0.2) is 40.0 Å². The van der Waals surface area contributed by atoms with Gasteiger partial charge in [-0.2, -0.15) is 0 Å². The van der Waals surface area contributed by atoms with Gasteiger partial charge in [-0.1, -0.05) is 30.3 Å². The van der Waals surface area contributed by atoms with Gasteiger partial charge in [0.1, 0.15) is 0 Å². The number of hydrogen-bond acceptors (Lipinski definition) is 3. The molecular weight excluding hydrogens is 328 g/mol. The number of fused-ring (bicyclic) bond motifs is 1. The van der Waals surface area contributed by atoms with Crippen molar-refractivity contribution in [1.29, 1.82) is 0 Å². The van der Waals surface area contributed by atoms with Crippen LogP contribution in [0.5, 0.6) is 0 Å². The van der Waals surface area contributed by atoms with Crippen molar-refractivity contribution in [3.63, 3.8) is 0 Å². The first-order valence-corrected chi connectivity index (χ1v) is 8.60. The zero-order valence-electron chi connectivity index (χ0n) is 14.1. The number of nitrogens with zero attached hydrogens (tertiary/aromatic N) is 2. The van der Waals surface area contributed by atoms with Crippen LogP contribution < -0.4 is 0 Å². The minimum Gasteiger partial charge on any atom is -0.478 e. The third-order valence-electron chi connectivity index (χ3n) is 4.98. The Balaban J connectivity index is 1.61. The number of aromatic nitrogens is 1. The second-order valence-corrected chi connectivity index (χ2v) is 6.50. The quantitative estimate of drug-likeness (QED) is 0.787. The number of aromatic carboxylic acids is 1. The summed E-state index contributed by atoms with van der Waals surface area (Å²) < 4.78 is 0. The highest BCUT2D eigenvalue weighted by Gasteiger charge is 2.30. The molecule has 5 heteroatoms. The fourth-order valence-corrected chi connectivity index (χ4v) is 3.71. The van der Waals surface area contributed by atoms with Crippen LogP contribution in [0, 0.1) is 0 Å². The first kappa shape index (κ1) is 16.3. The summed E-state index contributed by atoms with van der Waals surface area (Å²) in [4.78, 5) is 30.6. The van der Waals surface area contributed by atoms with Gasteiger partial charge in [-0.15, -0.1) is 0 Å². The molecule has 1 aromatic heterocycles. The Morgan fingerprint density at radius 1 is 1.00 bits per heavy atom. The Morgan fingerprint density at radius 3 is 2.65 bits per heavy atom. The molecule has 26 heavy (non-hydrogen) atoms. The molecule has 4 rings (SSSR count). The number of amides is 1. The van der Waals surface area contributed by atoms with E-state index < -0.39 is 5.97 Å². The second kappa shape index (κ2) is 6.59. The molecule has 130 valence electrons. The Labute approximate surface area is 150 Å². The molecule has 0 radical (unpaired) electrons. The van der Waals surface area contributed by atoms with Crippen molar-refractivity contribution < 1.29 is 14.7 Å². The molecule has 5 nitrogen and oxygen atoms in total. The molecule has 2 aromatic carbocycles. The maximum Gasteiger partial charge on any atom is 0.335 e. The number of pyridine rings is 1. The highest BCUT2D eigenvalue weighted by Crippen LogP contribution is 2.31. The normalized spacial score (nSPS) is 16.8. The molecular formula is C21H18N2O3. The number of rotatable bonds is 3. The summed E-state index contributed by atoms with van der Waals surface area (Å²) in [6, 6.07) is 16.3. The van der Waals surface area contributed by atoms with Crippen LogP contribution in [0.4, 0.5) is 0 Å². The lowest BCUT2D eigenvalue weighted by atomic mass is 9.93. The smallest absolute Gasteiger partial charge is 0.335 e. The monoisotopic (exact) mass is 346 g/mol. The molecule has 0 spiro atoms. The molecule has 1 aliphatic heterocycles. The van der Waals surface area contributed by atoms with E-state index in [4.69, 9.17) is 0 Å². The van der Waals surface area contributed by atoms with Gasteiger partial charge in [0, 0.05) is 36.2 Å². The molecule has 2 heterocycles. The van der Waals surface area contributed by atoms with E-state index in [2.05, 4.69) is 4.98 Å². The van der Waals surface area contributed by atoms with Gasteiger partial charge in [-0.3, -0.25) is 9.78 Å². The third kappa shape index (κ3) is 2.81. The number of carboxylic acid groups (broad SMARTS) is 1. The van der Waals surface area contributed by atoms with E-state index in [1.165, 1.54) is 0 Å². The Morgan fingerprint density at radius 2 is 1.81 bits per heavy atom. The summed E-state index contributed by atoms with van der Waals surface area (Å²) in [7, 11) is 0. The van der Waals surface area contributed by atoms with E-state index in [1.54, 1.807) is 18.3 Å². The van der Waals surface area contributed by atoms with Gasteiger partial charge >= 0.3 is 5.97 Å². The standard InChI is InChI=1S/C21H18N2O3/c24-20(17-7-3-9-19-16(17)8-4-11-22-19)23-12-10-14(13-23)15-5-1-2-6-18(15)21(25)26/h1-9,11,14H,10,12-13H2,(H,25,26). The molecule has 1 saturated heterocycles. The summed E-state index contributed by atoms with van der Waals surface area (Å²) in [5, 5.41) is 10.3. The zero-order chi connectivity index (χ0) is 18.1. The van der Waals surface area contributed by atoms with Crippen molar-refractivity contribution in [2.24, 2.45) is 0 Å². The van der Waals surface area contributed by atoms with E-state index in [1.807, 2.05) is 47.4 Å². The van der Waals surface area contributed by atoms with Gasteiger partial charge in [-0.25, -0.2) is 4.79 Å². The Hall–Kier alpha value is -3.21. The summed E-state index contributed by atoms with van der Waals surface area (Å²) in [5.41, 5.74) is 2.56. The molecule has 1 amide bonds. The minimum absolute atomic E-state index is 0.0288. The fourth-order valence-electron chi connectivity index (χ4n) is 3.71. The molecule has 0 bridgehead atoms. The second-order valence-electron chi connectivity index (χ2n) is 6.50. The van der Waals surface area contributed by atoms with Gasteiger partial charge < -0.3 is 10.0 Å². The maximum atomic E-state index is 13.0. The van der Waals surface area contributed by atoms with E-state index in [0.717, 1.165) is 22.9 Å². The lowest BCUT2D eigenvalue weighted by Gasteiger charge is -2.18. The average Bonchev–Trinajstić information content (AvgIpc) is 3.17. The lowest BCUT2D eigenvalue weighted by Crippen LogP contribution is -2.28. The van der Waals surface area contributed by atoms with Crippen molar-refractivity contribution in [2.45, 2.75) is 12.3 Å². The lowest BCUT2D eigenvalue weighted by molar-refractivity contribution is 0.0695. The van der Waals surface area contributed by atoms with Crippen LogP contribution in [0.1, 0.15) is 38.6 Å². The number of carbonyl (C=O) groups is 2. The van der Waals surface area contributed by atoms with Gasteiger partial charge in [-0.05, 0) is 36.2 Å². The SMILES string of the molecule is O=C(O)c1ccccc1C1CCN(C(=O)c2cccc3ncccc23)C1. The first-order valence-electron chi connectivity index (χ1n) is 8.60. The summed E-state index contributed by atoms with van der Waals surface area (Å²) in [5.74, 6) is -0.913. The van der Waals surface area contributed by atoms with Crippen molar-refractivity contribution in [3.05, 3.63) is 77.5 Å². The van der Waals surface area contributed by atoms with Crippen molar-refractivity contribution in [1.82, 2.24) is 9.88 Å². The number of carboxylic acids is 1. The Kier molecular flexibility index (Phi) is 4.13. The van der Waals surface area contributed by atoms with Gasteiger partial charge in [0.2, 0.25) is 0 Å². The highest BCUT2D eigenvalue weighted by atomic mass is 16.4. The fraction of sp³-hybridized carbons (Fsp3) is 0.190. The van der Waals surface area contributed by atoms with Crippen LogP contribution in [0.3, 0.4) is 0 Å². The van der Waals surface area contributed by atoms with E-state index in [9.17, 15) is 14.7 Å². The topological polar surface area (TPSA) is 70.5 Å². The molecule has 1 atom stereocenters. The van der Waals surface area contributed by atoms with Crippen molar-refractivity contribution in [2.75, 3.05) is 13.1 Å². The molecule has 1 N–H and O–H groups in total. The molecule has 0 saturated carbocycles. The van der Waals surface area contributed by atoms with Crippen LogP contribution >= 0.6 is 0 Å². The predicted molar refractivity (Wildman–Crippen MR) is 98.4 cm³/mol. The molecule has 3 aromatic rings. The summed E-state index contributed by atoms with van der Waals surface area (Å²) in [6.07, 6.45) is 2.48. The van der Waals surface area contributed by atoms with E-state index in [0.29, 0.717) is 24.2 Å². The van der Waals surface area contributed by atoms with Crippen LogP contribution in [0.25, 0.3) is 10.9 Å². The van der Waals surface area contributed by atoms with Crippen LogP contribution in [0.2, 0.25) is 0 Å². The number of likely N-dealkylation sites (tertiary alicyclic amines) is 1. The minimum atomic E-state index is -0.925. The van der Waals surface area contributed by atoms with Gasteiger partial charge in [0.15, 0.2) is 0 Å². The number of carbonyl (C=O) groups excluding carboxylic acids is 1. The molecule has 1 fully saturated rings. The highest BCUT2D eigenvalue weighted by molar-refractivity contribution is 6.06. The third-order valence-corrected chi connectivity index (χ3v) is 4.98. The number of benzene rings is 2. The number of hydrogen-bond donors (Lipinski definition) is 1. The van der Waals surface area contributed by atoms with Crippen molar-refractivity contribution >= 4 is 22.8 Å². The summed E-state index contributed by atoms with van der Waals surface area (Å²) >= 11 is 0. The van der Waals surface area contributed by atoms with Crippen molar-refractivity contribution in [3.8, 4) is 0 Å². The predicted octanol–water partition coefficient (Wildman–Crippen LogP) is 3.56.